The first-order valence-corrected chi connectivity index (χ1v) is 6.56. The molecular formula is C9H21NO2S. The summed E-state index contributed by atoms with van der Waals surface area (Å²) in [6.45, 7) is 4.37. The minimum absolute atomic E-state index is 0.354. The average molecular weight is 207 g/mol. The summed E-state index contributed by atoms with van der Waals surface area (Å²) in [6.07, 6.45) is 4.16. The molecule has 3 nitrogen and oxygen atoms in total. The minimum Gasteiger partial charge on any atom is -0.294 e. The molecule has 0 saturated heterocycles. The first-order valence-electron chi connectivity index (χ1n) is 4.78. The highest BCUT2D eigenvalue weighted by atomic mass is 32.3. The minimum atomic E-state index is -2.68. The Balaban J connectivity index is 3.40. The Morgan fingerprint density at radius 1 is 1.38 bits per heavy atom. The van der Waals surface area contributed by atoms with Crippen LogP contribution in [0.2, 0.25) is 0 Å². The summed E-state index contributed by atoms with van der Waals surface area (Å²) in [5.74, 6) is 1.08. The van der Waals surface area contributed by atoms with Gasteiger partial charge in [0.15, 0.2) is 0 Å². The Morgan fingerprint density at radius 2 is 2.00 bits per heavy atom. The van der Waals surface area contributed by atoms with E-state index in [0.717, 1.165) is 30.7 Å². The van der Waals surface area contributed by atoms with Gasteiger partial charge in [-0.2, -0.15) is 10.6 Å². The molecule has 0 saturated carbocycles. The van der Waals surface area contributed by atoms with Crippen LogP contribution in [0.4, 0.5) is 0 Å². The van der Waals surface area contributed by atoms with E-state index in [9.17, 15) is 0 Å². The molecule has 1 unspecified atom stereocenters. The zero-order valence-corrected chi connectivity index (χ0v) is 9.31. The molecule has 4 heteroatoms. The molecule has 0 aromatic rings. The Bertz CT molecular complexity index is 151. The van der Waals surface area contributed by atoms with Crippen molar-refractivity contribution in [1.82, 2.24) is 0 Å². The van der Waals surface area contributed by atoms with Gasteiger partial charge in [0.1, 0.15) is 5.55 Å². The quantitative estimate of drug-likeness (QED) is 0.339. The molecule has 0 amide bonds. The lowest BCUT2D eigenvalue weighted by molar-refractivity contribution is 0.477. The highest BCUT2D eigenvalue weighted by Crippen LogP contribution is 2.35. The maximum absolute atomic E-state index is 9.14. The molecule has 1 atom stereocenters. The summed E-state index contributed by atoms with van der Waals surface area (Å²) in [5.41, 5.74) is 0.774. The Hall–Kier alpha value is -0.0600. The van der Waals surface area contributed by atoms with Crippen LogP contribution in [0.5, 0.6) is 0 Å². The van der Waals surface area contributed by atoms with Crippen molar-refractivity contribution in [2.75, 3.05) is 5.75 Å². The van der Waals surface area contributed by atoms with Crippen molar-refractivity contribution in [1.29, 1.82) is 5.41 Å². The number of rotatable bonds is 7. The second-order valence-electron chi connectivity index (χ2n) is 3.55. The maximum atomic E-state index is 9.14. The van der Waals surface area contributed by atoms with E-state index in [2.05, 4.69) is 13.8 Å². The fraction of sp³-hybridized carbons (Fsp3) is 0.889. The maximum Gasteiger partial charge on any atom is 0.101 e. The lowest BCUT2D eigenvalue weighted by atomic mass is 10.0. The first kappa shape index (κ1) is 12.9. The Morgan fingerprint density at radius 3 is 2.46 bits per heavy atom. The van der Waals surface area contributed by atoms with Crippen molar-refractivity contribution in [3.63, 3.8) is 0 Å². The van der Waals surface area contributed by atoms with Crippen molar-refractivity contribution in [3.05, 3.63) is 0 Å². The van der Waals surface area contributed by atoms with Crippen molar-refractivity contribution >= 4 is 16.1 Å². The highest BCUT2D eigenvalue weighted by Gasteiger charge is 2.07. The molecule has 0 aromatic heterocycles. The van der Waals surface area contributed by atoms with Crippen molar-refractivity contribution in [2.24, 2.45) is 5.92 Å². The Kier molecular flexibility index (Phi) is 6.37. The molecule has 0 heterocycles. The molecule has 13 heavy (non-hydrogen) atoms. The van der Waals surface area contributed by atoms with Gasteiger partial charge in [0.2, 0.25) is 0 Å². The second-order valence-corrected chi connectivity index (χ2v) is 5.63. The molecule has 0 radical (unpaired) electrons. The number of unbranched alkanes of at least 4 members (excludes halogenated alkanes) is 1. The van der Waals surface area contributed by atoms with Crippen LogP contribution in [0.15, 0.2) is 0 Å². The monoisotopic (exact) mass is 207 g/mol. The van der Waals surface area contributed by atoms with Gasteiger partial charge in [-0.05, 0) is 12.3 Å². The standard InChI is InChI=1S/C9H21NO2S/c1-3-9(2)6-4-5-7-13(11,12)8-10/h8-12H,3-7H2,1-2H3. The van der Waals surface area contributed by atoms with E-state index in [-0.39, 0.29) is 0 Å². The molecular weight excluding hydrogens is 186 g/mol. The van der Waals surface area contributed by atoms with Crippen molar-refractivity contribution in [3.8, 4) is 0 Å². The largest absolute Gasteiger partial charge is 0.294 e. The van der Waals surface area contributed by atoms with Gasteiger partial charge in [0.05, 0.1) is 0 Å². The molecule has 3 N–H and O–H groups in total. The van der Waals surface area contributed by atoms with E-state index in [1.165, 1.54) is 6.42 Å². The predicted octanol–water partition coefficient (Wildman–Crippen LogP) is 3.56. The van der Waals surface area contributed by atoms with E-state index in [0.29, 0.717) is 5.75 Å². The second kappa shape index (κ2) is 6.40. The molecule has 0 rings (SSSR count). The van der Waals surface area contributed by atoms with E-state index in [1.54, 1.807) is 0 Å². The summed E-state index contributed by atoms with van der Waals surface area (Å²) >= 11 is 0. The predicted molar refractivity (Wildman–Crippen MR) is 59.8 cm³/mol. The normalized spacial score (nSPS) is 15.4. The van der Waals surface area contributed by atoms with Gasteiger partial charge in [0.25, 0.3) is 0 Å². The number of nitrogens with one attached hydrogen (secondary N) is 1. The smallest absolute Gasteiger partial charge is 0.101 e. The van der Waals surface area contributed by atoms with Crippen LogP contribution in [0.3, 0.4) is 0 Å². The lowest BCUT2D eigenvalue weighted by Crippen LogP contribution is -2.03. The Labute approximate surface area is 82.4 Å². The number of hydrogen-bond donors (Lipinski definition) is 3. The van der Waals surface area contributed by atoms with Gasteiger partial charge in [-0.25, -0.2) is 0 Å². The third-order valence-corrected chi connectivity index (χ3v) is 3.54. The van der Waals surface area contributed by atoms with Crippen LogP contribution in [0.1, 0.15) is 39.5 Å². The highest BCUT2D eigenvalue weighted by molar-refractivity contribution is 8.35. The van der Waals surface area contributed by atoms with Crippen LogP contribution >= 0.6 is 10.6 Å². The van der Waals surface area contributed by atoms with Gasteiger partial charge >= 0.3 is 0 Å². The summed E-state index contributed by atoms with van der Waals surface area (Å²) in [6, 6.07) is 0. The lowest BCUT2D eigenvalue weighted by Gasteiger charge is -2.26. The third-order valence-electron chi connectivity index (χ3n) is 2.28. The van der Waals surface area contributed by atoms with Gasteiger partial charge < -0.3 is 0 Å². The van der Waals surface area contributed by atoms with Crippen molar-refractivity contribution in [2.45, 2.75) is 39.5 Å². The van der Waals surface area contributed by atoms with Gasteiger partial charge in [-0.1, -0.05) is 33.1 Å². The molecule has 0 fully saturated rings. The molecule has 0 spiro atoms. The summed E-state index contributed by atoms with van der Waals surface area (Å²) in [4.78, 5) is 0. The summed E-state index contributed by atoms with van der Waals surface area (Å²) < 4.78 is 18.3. The van der Waals surface area contributed by atoms with E-state index in [1.807, 2.05) is 0 Å². The van der Waals surface area contributed by atoms with E-state index in [4.69, 9.17) is 14.5 Å². The van der Waals surface area contributed by atoms with Crippen LogP contribution in [-0.4, -0.2) is 20.4 Å². The van der Waals surface area contributed by atoms with Crippen molar-refractivity contribution < 1.29 is 9.11 Å². The summed E-state index contributed by atoms with van der Waals surface area (Å²) in [7, 11) is -2.68. The van der Waals surface area contributed by atoms with Gasteiger partial charge in [-0.15, -0.1) is 0 Å². The third kappa shape index (κ3) is 7.05. The molecule has 0 bridgehead atoms. The number of hydrogen-bond acceptors (Lipinski definition) is 3. The average Bonchev–Trinajstić information content (AvgIpc) is 2.12. The van der Waals surface area contributed by atoms with Crippen LogP contribution in [0.25, 0.3) is 0 Å². The van der Waals surface area contributed by atoms with Gasteiger partial charge in [0, 0.05) is 5.75 Å². The first-order chi connectivity index (χ1) is 6.02. The molecule has 0 aliphatic carbocycles. The molecule has 0 aromatic carbocycles. The molecule has 80 valence electrons. The molecule has 0 aliphatic rings. The summed E-state index contributed by atoms with van der Waals surface area (Å²) in [5, 5.41) is 6.77. The zero-order valence-electron chi connectivity index (χ0n) is 8.49. The van der Waals surface area contributed by atoms with Crippen LogP contribution in [0, 0.1) is 11.3 Å². The topological polar surface area (TPSA) is 64.3 Å². The van der Waals surface area contributed by atoms with E-state index < -0.39 is 10.6 Å². The fourth-order valence-corrected chi connectivity index (χ4v) is 1.82. The SMILES string of the molecule is CCC(C)CCCCS(O)(O)C=N. The zero-order chi connectivity index (χ0) is 10.3. The van der Waals surface area contributed by atoms with Gasteiger partial charge in [-0.3, -0.25) is 14.5 Å². The van der Waals surface area contributed by atoms with Crippen LogP contribution in [-0.2, 0) is 0 Å². The van der Waals surface area contributed by atoms with Crippen LogP contribution < -0.4 is 0 Å². The fourth-order valence-electron chi connectivity index (χ4n) is 1.07. The van der Waals surface area contributed by atoms with E-state index >= 15 is 0 Å². The molecule has 0 aliphatic heterocycles.